The van der Waals surface area contributed by atoms with Gasteiger partial charge < -0.3 is 15.2 Å². The standard InChI is InChI=1S/C17H18BrNO3/c1-22-17(21)13-7-8-14(15(18)9-13)10-19-11-16(20)12-5-3-2-4-6-12/h2-9,16,19-20H,10-11H2,1H3. The lowest BCUT2D eigenvalue weighted by Crippen LogP contribution is -2.21. The molecular formula is C17H18BrNO3. The number of ether oxygens (including phenoxy) is 1. The minimum Gasteiger partial charge on any atom is -0.465 e. The lowest BCUT2D eigenvalue weighted by atomic mass is 10.1. The molecule has 0 aliphatic carbocycles. The second-order valence-corrected chi connectivity index (χ2v) is 5.71. The average molecular weight is 364 g/mol. The number of nitrogens with one attached hydrogen (secondary N) is 1. The van der Waals surface area contributed by atoms with Crippen molar-refractivity contribution in [2.45, 2.75) is 12.6 Å². The zero-order valence-corrected chi connectivity index (χ0v) is 13.8. The predicted octanol–water partition coefficient (Wildman–Crippen LogP) is 3.06. The van der Waals surface area contributed by atoms with E-state index < -0.39 is 6.10 Å². The Hall–Kier alpha value is -1.69. The van der Waals surface area contributed by atoms with E-state index in [9.17, 15) is 9.90 Å². The van der Waals surface area contributed by atoms with Crippen LogP contribution in [0.5, 0.6) is 0 Å². The first-order chi connectivity index (χ1) is 10.6. The summed E-state index contributed by atoms with van der Waals surface area (Å²) in [5.74, 6) is -0.361. The van der Waals surface area contributed by atoms with Crippen LogP contribution in [0.1, 0.15) is 27.6 Å². The molecular weight excluding hydrogens is 346 g/mol. The molecule has 5 heteroatoms. The van der Waals surface area contributed by atoms with Crippen molar-refractivity contribution >= 4 is 21.9 Å². The SMILES string of the molecule is COC(=O)c1ccc(CNCC(O)c2ccccc2)c(Br)c1. The number of halogens is 1. The van der Waals surface area contributed by atoms with Gasteiger partial charge in [-0.05, 0) is 23.3 Å². The smallest absolute Gasteiger partial charge is 0.337 e. The summed E-state index contributed by atoms with van der Waals surface area (Å²) in [6.07, 6.45) is -0.547. The molecule has 0 saturated heterocycles. The molecule has 0 amide bonds. The van der Waals surface area contributed by atoms with Crippen molar-refractivity contribution < 1.29 is 14.6 Å². The number of carbonyl (C=O) groups is 1. The summed E-state index contributed by atoms with van der Waals surface area (Å²) < 4.78 is 5.51. The molecule has 2 aromatic rings. The molecule has 0 aliphatic heterocycles. The monoisotopic (exact) mass is 363 g/mol. The number of benzene rings is 2. The number of hydrogen-bond acceptors (Lipinski definition) is 4. The number of hydrogen-bond donors (Lipinski definition) is 2. The van der Waals surface area contributed by atoms with E-state index in [1.54, 1.807) is 12.1 Å². The molecule has 2 aromatic carbocycles. The number of carbonyl (C=O) groups excluding carboxylic acids is 1. The third-order valence-corrected chi connectivity index (χ3v) is 4.05. The van der Waals surface area contributed by atoms with Crippen molar-refractivity contribution in [3.63, 3.8) is 0 Å². The van der Waals surface area contributed by atoms with Crippen LogP contribution in [-0.2, 0) is 11.3 Å². The van der Waals surface area contributed by atoms with Crippen LogP contribution in [-0.4, -0.2) is 24.7 Å². The van der Waals surface area contributed by atoms with Gasteiger partial charge in [0.25, 0.3) is 0 Å². The highest BCUT2D eigenvalue weighted by atomic mass is 79.9. The van der Waals surface area contributed by atoms with E-state index >= 15 is 0 Å². The lowest BCUT2D eigenvalue weighted by Gasteiger charge is -2.13. The second kappa shape index (κ2) is 8.08. The van der Waals surface area contributed by atoms with Crippen molar-refractivity contribution in [1.29, 1.82) is 0 Å². The van der Waals surface area contributed by atoms with Gasteiger partial charge in [0, 0.05) is 17.6 Å². The molecule has 0 spiro atoms. The van der Waals surface area contributed by atoms with Crippen molar-refractivity contribution in [2.75, 3.05) is 13.7 Å². The van der Waals surface area contributed by atoms with E-state index in [-0.39, 0.29) is 5.97 Å². The van der Waals surface area contributed by atoms with Gasteiger partial charge in [-0.1, -0.05) is 52.3 Å². The van der Waals surface area contributed by atoms with Gasteiger partial charge in [-0.3, -0.25) is 0 Å². The van der Waals surface area contributed by atoms with Crippen LogP contribution in [0.15, 0.2) is 53.0 Å². The zero-order chi connectivity index (χ0) is 15.9. The fourth-order valence-electron chi connectivity index (χ4n) is 2.07. The van der Waals surface area contributed by atoms with Crippen LogP contribution in [0.25, 0.3) is 0 Å². The molecule has 0 radical (unpaired) electrons. The molecule has 0 saturated carbocycles. The maximum Gasteiger partial charge on any atom is 0.337 e. The molecule has 1 unspecified atom stereocenters. The van der Waals surface area contributed by atoms with Gasteiger partial charge in [-0.25, -0.2) is 4.79 Å². The minimum atomic E-state index is -0.547. The molecule has 2 rings (SSSR count). The zero-order valence-electron chi connectivity index (χ0n) is 12.3. The van der Waals surface area contributed by atoms with E-state index in [1.807, 2.05) is 36.4 Å². The molecule has 0 fully saturated rings. The molecule has 0 aliphatic rings. The molecule has 1 atom stereocenters. The topological polar surface area (TPSA) is 58.6 Å². The summed E-state index contributed by atoms with van der Waals surface area (Å²) >= 11 is 3.45. The van der Waals surface area contributed by atoms with Crippen LogP contribution in [0, 0.1) is 0 Å². The molecule has 0 aromatic heterocycles. The summed E-state index contributed by atoms with van der Waals surface area (Å²) in [7, 11) is 1.36. The van der Waals surface area contributed by atoms with E-state index in [0.717, 1.165) is 15.6 Å². The number of esters is 1. The second-order valence-electron chi connectivity index (χ2n) is 4.86. The summed E-state index contributed by atoms with van der Waals surface area (Å²) in [5, 5.41) is 13.3. The third-order valence-electron chi connectivity index (χ3n) is 3.31. The fraction of sp³-hybridized carbons (Fsp3) is 0.235. The van der Waals surface area contributed by atoms with E-state index in [4.69, 9.17) is 0 Å². The minimum absolute atomic E-state index is 0.361. The fourth-order valence-corrected chi connectivity index (χ4v) is 2.59. The Morgan fingerprint density at radius 2 is 2.00 bits per heavy atom. The first-order valence-electron chi connectivity index (χ1n) is 6.92. The Morgan fingerprint density at radius 1 is 1.27 bits per heavy atom. The molecule has 22 heavy (non-hydrogen) atoms. The molecule has 0 bridgehead atoms. The van der Waals surface area contributed by atoms with Crippen molar-refractivity contribution in [3.8, 4) is 0 Å². The quantitative estimate of drug-likeness (QED) is 0.774. The molecule has 116 valence electrons. The normalized spacial score (nSPS) is 12.0. The largest absolute Gasteiger partial charge is 0.465 e. The van der Waals surface area contributed by atoms with Crippen molar-refractivity contribution in [1.82, 2.24) is 5.32 Å². The summed E-state index contributed by atoms with van der Waals surface area (Å²) in [6.45, 7) is 1.04. The number of aliphatic hydroxyl groups excluding tert-OH is 1. The highest BCUT2D eigenvalue weighted by Crippen LogP contribution is 2.19. The Morgan fingerprint density at radius 3 is 2.64 bits per heavy atom. The van der Waals surface area contributed by atoms with Gasteiger partial charge in [0.05, 0.1) is 18.8 Å². The van der Waals surface area contributed by atoms with Gasteiger partial charge in [0.15, 0.2) is 0 Å². The Kier molecular flexibility index (Phi) is 6.12. The Bertz CT molecular complexity index is 631. The molecule has 4 nitrogen and oxygen atoms in total. The Labute approximate surface area is 138 Å². The summed E-state index contributed by atoms with van der Waals surface area (Å²) in [4.78, 5) is 11.4. The van der Waals surface area contributed by atoms with Crippen LogP contribution in [0.4, 0.5) is 0 Å². The van der Waals surface area contributed by atoms with Crippen molar-refractivity contribution in [2.24, 2.45) is 0 Å². The third kappa shape index (κ3) is 4.40. The van der Waals surface area contributed by atoms with Gasteiger partial charge >= 0.3 is 5.97 Å². The maximum atomic E-state index is 11.4. The van der Waals surface area contributed by atoms with E-state index in [0.29, 0.717) is 18.7 Å². The molecule has 2 N–H and O–H groups in total. The van der Waals surface area contributed by atoms with Crippen LogP contribution >= 0.6 is 15.9 Å². The van der Waals surface area contributed by atoms with Gasteiger partial charge in [-0.2, -0.15) is 0 Å². The molecule has 0 heterocycles. The lowest BCUT2D eigenvalue weighted by molar-refractivity contribution is 0.0600. The highest BCUT2D eigenvalue weighted by Gasteiger charge is 2.10. The van der Waals surface area contributed by atoms with Crippen LogP contribution in [0.2, 0.25) is 0 Å². The van der Waals surface area contributed by atoms with E-state index in [1.165, 1.54) is 7.11 Å². The number of aliphatic hydroxyl groups is 1. The van der Waals surface area contributed by atoms with Gasteiger partial charge in [0.1, 0.15) is 0 Å². The van der Waals surface area contributed by atoms with Crippen LogP contribution in [0.3, 0.4) is 0 Å². The summed E-state index contributed by atoms with van der Waals surface area (Å²) in [5.41, 5.74) is 2.39. The highest BCUT2D eigenvalue weighted by molar-refractivity contribution is 9.10. The average Bonchev–Trinajstić information content (AvgIpc) is 2.56. The van der Waals surface area contributed by atoms with Gasteiger partial charge in [0.2, 0.25) is 0 Å². The first-order valence-corrected chi connectivity index (χ1v) is 7.71. The summed E-state index contributed by atoms with van der Waals surface area (Å²) in [6, 6.07) is 14.8. The number of rotatable bonds is 6. The van der Waals surface area contributed by atoms with E-state index in [2.05, 4.69) is 26.0 Å². The maximum absolute atomic E-state index is 11.4. The van der Waals surface area contributed by atoms with Gasteiger partial charge in [-0.15, -0.1) is 0 Å². The predicted molar refractivity (Wildman–Crippen MR) is 88.6 cm³/mol. The Balaban J connectivity index is 1.91. The van der Waals surface area contributed by atoms with Crippen molar-refractivity contribution in [3.05, 3.63) is 69.7 Å². The first kappa shape index (κ1) is 16.7. The number of methoxy groups -OCH3 is 1. The van der Waals surface area contributed by atoms with Crippen LogP contribution < -0.4 is 5.32 Å².